The van der Waals surface area contributed by atoms with E-state index in [1.165, 1.54) is 10.8 Å². The number of benzene rings is 2. The fourth-order valence-corrected chi connectivity index (χ4v) is 2.13. The van der Waals surface area contributed by atoms with Gasteiger partial charge in [-0.3, -0.25) is 4.79 Å². The number of aromatic amines is 1. The van der Waals surface area contributed by atoms with Crippen molar-refractivity contribution in [3.05, 3.63) is 70.6 Å². The fraction of sp³-hybridized carbons (Fsp3) is 0.0625. The molecule has 1 aromatic heterocycles. The summed E-state index contributed by atoms with van der Waals surface area (Å²) in [6.45, 7) is 1.82. The molecular formula is C16H13NO. The van der Waals surface area contributed by atoms with Gasteiger partial charge < -0.3 is 4.98 Å². The van der Waals surface area contributed by atoms with Gasteiger partial charge in [-0.25, -0.2) is 0 Å². The maximum Gasteiger partial charge on any atom is 0.250 e. The Labute approximate surface area is 105 Å². The number of nitrogens with one attached hydrogen (secondary N) is 1. The zero-order valence-electron chi connectivity index (χ0n) is 10.1. The van der Waals surface area contributed by atoms with Crippen molar-refractivity contribution in [1.29, 1.82) is 0 Å². The van der Waals surface area contributed by atoms with Gasteiger partial charge >= 0.3 is 0 Å². The van der Waals surface area contributed by atoms with Gasteiger partial charge in [0, 0.05) is 11.8 Å². The van der Waals surface area contributed by atoms with Crippen LogP contribution in [0.2, 0.25) is 0 Å². The quantitative estimate of drug-likeness (QED) is 0.688. The molecule has 1 N–H and O–H groups in total. The number of H-pyrrole nitrogens is 1. The highest BCUT2D eigenvalue weighted by molar-refractivity contribution is 5.87. The fourth-order valence-electron chi connectivity index (χ4n) is 2.13. The third kappa shape index (κ3) is 1.82. The Balaban J connectivity index is 2.19. The normalized spacial score (nSPS) is 10.7. The second-order valence-electron chi connectivity index (χ2n) is 4.46. The van der Waals surface area contributed by atoms with Gasteiger partial charge in [0.05, 0.1) is 0 Å². The Morgan fingerprint density at radius 2 is 1.67 bits per heavy atom. The average Bonchev–Trinajstić information content (AvgIpc) is 2.41. The minimum Gasteiger partial charge on any atom is -0.328 e. The first-order chi connectivity index (χ1) is 8.74. The topological polar surface area (TPSA) is 32.9 Å². The lowest BCUT2D eigenvalue weighted by molar-refractivity contribution is 1.18. The summed E-state index contributed by atoms with van der Waals surface area (Å²) in [6, 6.07) is 16.5. The van der Waals surface area contributed by atoms with E-state index in [9.17, 15) is 4.79 Å². The minimum atomic E-state index is -0.0282. The maximum atomic E-state index is 11.4. The monoisotopic (exact) mass is 235 g/mol. The number of hydrogen-bond donors (Lipinski definition) is 1. The summed E-state index contributed by atoms with van der Waals surface area (Å²) >= 11 is 0. The summed E-state index contributed by atoms with van der Waals surface area (Å²) in [6.07, 6.45) is 1.76. The molecule has 2 aromatic carbocycles. The molecule has 0 fully saturated rings. The van der Waals surface area contributed by atoms with Crippen LogP contribution in [0, 0.1) is 6.92 Å². The molecule has 0 spiro atoms. The largest absolute Gasteiger partial charge is 0.328 e. The molecule has 0 unspecified atom stereocenters. The van der Waals surface area contributed by atoms with E-state index < -0.39 is 0 Å². The van der Waals surface area contributed by atoms with Crippen molar-refractivity contribution in [2.45, 2.75) is 6.92 Å². The van der Waals surface area contributed by atoms with Crippen LogP contribution in [0.1, 0.15) is 5.56 Å². The van der Waals surface area contributed by atoms with Crippen LogP contribution < -0.4 is 5.56 Å². The van der Waals surface area contributed by atoms with Crippen LogP contribution >= 0.6 is 0 Å². The van der Waals surface area contributed by atoms with Gasteiger partial charge in [0.25, 0.3) is 5.56 Å². The standard InChI is InChI=1S/C16H13NO/c1-11-8-15(10-17-16(11)18)14-7-6-12-4-2-3-5-13(12)9-14/h2-10H,1H3,(H,17,18). The van der Waals surface area contributed by atoms with Crippen LogP contribution in [0.25, 0.3) is 21.9 Å². The summed E-state index contributed by atoms with van der Waals surface area (Å²) in [7, 11) is 0. The van der Waals surface area contributed by atoms with Crippen molar-refractivity contribution in [2.24, 2.45) is 0 Å². The van der Waals surface area contributed by atoms with Gasteiger partial charge in [-0.1, -0.05) is 36.4 Å². The lowest BCUT2D eigenvalue weighted by Gasteiger charge is -2.04. The van der Waals surface area contributed by atoms with Gasteiger partial charge in [-0.15, -0.1) is 0 Å². The first kappa shape index (κ1) is 10.8. The van der Waals surface area contributed by atoms with Crippen molar-refractivity contribution < 1.29 is 0 Å². The second-order valence-corrected chi connectivity index (χ2v) is 4.46. The first-order valence-corrected chi connectivity index (χ1v) is 5.92. The third-order valence-electron chi connectivity index (χ3n) is 3.17. The number of aryl methyl sites for hydroxylation is 1. The predicted molar refractivity (Wildman–Crippen MR) is 74.7 cm³/mol. The van der Waals surface area contributed by atoms with Gasteiger partial charge in [0.1, 0.15) is 0 Å². The Bertz CT molecular complexity index is 771. The van der Waals surface area contributed by atoms with Gasteiger partial charge in [0.15, 0.2) is 0 Å². The SMILES string of the molecule is Cc1cc(-c2ccc3ccccc3c2)c[nH]c1=O. The molecule has 0 amide bonds. The van der Waals surface area contributed by atoms with E-state index in [-0.39, 0.29) is 5.56 Å². The summed E-state index contributed by atoms with van der Waals surface area (Å²) < 4.78 is 0. The van der Waals surface area contributed by atoms with Crippen LogP contribution in [0.5, 0.6) is 0 Å². The van der Waals surface area contributed by atoms with E-state index in [1.807, 2.05) is 25.1 Å². The van der Waals surface area contributed by atoms with E-state index in [1.54, 1.807) is 6.20 Å². The third-order valence-corrected chi connectivity index (χ3v) is 3.17. The summed E-state index contributed by atoms with van der Waals surface area (Å²) in [5.74, 6) is 0. The molecule has 3 aromatic rings. The lowest BCUT2D eigenvalue weighted by atomic mass is 10.0. The van der Waals surface area contributed by atoms with Gasteiger partial charge in [-0.2, -0.15) is 0 Å². The van der Waals surface area contributed by atoms with Crippen molar-refractivity contribution in [2.75, 3.05) is 0 Å². The van der Waals surface area contributed by atoms with Gasteiger partial charge in [-0.05, 0) is 41.0 Å². The molecule has 0 saturated heterocycles. The van der Waals surface area contributed by atoms with Crippen LogP contribution in [-0.4, -0.2) is 4.98 Å². The number of aromatic nitrogens is 1. The summed E-state index contributed by atoms with van der Waals surface area (Å²) in [5.41, 5.74) is 2.87. The molecule has 0 aliphatic rings. The molecule has 2 nitrogen and oxygen atoms in total. The number of hydrogen-bond acceptors (Lipinski definition) is 1. The molecule has 0 aliphatic heterocycles. The molecule has 88 valence electrons. The van der Waals surface area contributed by atoms with Crippen molar-refractivity contribution in [1.82, 2.24) is 4.98 Å². The van der Waals surface area contributed by atoms with Crippen LogP contribution in [0.4, 0.5) is 0 Å². The smallest absolute Gasteiger partial charge is 0.250 e. The van der Waals surface area contributed by atoms with E-state index in [2.05, 4.69) is 35.3 Å². The summed E-state index contributed by atoms with van der Waals surface area (Å²) in [5, 5.41) is 2.43. The van der Waals surface area contributed by atoms with Crippen molar-refractivity contribution in [3.63, 3.8) is 0 Å². The van der Waals surface area contributed by atoms with Crippen LogP contribution in [-0.2, 0) is 0 Å². The molecule has 18 heavy (non-hydrogen) atoms. The molecule has 1 heterocycles. The molecule has 0 aliphatic carbocycles. The van der Waals surface area contributed by atoms with Crippen LogP contribution in [0.15, 0.2) is 59.5 Å². The molecule has 0 atom stereocenters. The van der Waals surface area contributed by atoms with Crippen molar-refractivity contribution >= 4 is 10.8 Å². The number of fused-ring (bicyclic) bond motifs is 1. The first-order valence-electron chi connectivity index (χ1n) is 5.92. The second kappa shape index (κ2) is 4.15. The van der Waals surface area contributed by atoms with E-state index >= 15 is 0 Å². The van der Waals surface area contributed by atoms with Gasteiger partial charge in [0.2, 0.25) is 0 Å². The zero-order valence-corrected chi connectivity index (χ0v) is 10.1. The maximum absolute atomic E-state index is 11.4. The Morgan fingerprint density at radius 1 is 0.889 bits per heavy atom. The Morgan fingerprint density at radius 3 is 2.44 bits per heavy atom. The highest BCUT2D eigenvalue weighted by Crippen LogP contribution is 2.23. The lowest BCUT2D eigenvalue weighted by Crippen LogP contribution is -2.07. The molecule has 0 radical (unpaired) electrons. The molecular weight excluding hydrogens is 222 g/mol. The number of pyridine rings is 1. The van der Waals surface area contributed by atoms with Crippen molar-refractivity contribution in [3.8, 4) is 11.1 Å². The zero-order chi connectivity index (χ0) is 12.5. The number of rotatable bonds is 1. The minimum absolute atomic E-state index is 0.0282. The highest BCUT2D eigenvalue weighted by Gasteiger charge is 2.01. The van der Waals surface area contributed by atoms with E-state index in [0.717, 1.165) is 16.7 Å². The molecule has 0 saturated carbocycles. The molecule has 3 rings (SSSR count). The van der Waals surface area contributed by atoms with E-state index in [0.29, 0.717) is 0 Å². The van der Waals surface area contributed by atoms with E-state index in [4.69, 9.17) is 0 Å². The Hall–Kier alpha value is -2.35. The highest BCUT2D eigenvalue weighted by atomic mass is 16.1. The Kier molecular flexibility index (Phi) is 2.49. The summed E-state index contributed by atoms with van der Waals surface area (Å²) in [4.78, 5) is 14.1. The van der Waals surface area contributed by atoms with Crippen LogP contribution in [0.3, 0.4) is 0 Å². The average molecular weight is 235 g/mol. The molecule has 2 heteroatoms. The molecule has 0 bridgehead atoms. The predicted octanol–water partition coefficient (Wildman–Crippen LogP) is 3.50.